The molecule has 1 aliphatic carbocycles. The Bertz CT molecular complexity index is 1050. The number of hydrogen-bond donors (Lipinski definition) is 2. The quantitative estimate of drug-likeness (QED) is 0.388. The molecule has 0 bridgehead atoms. The molecule has 0 radical (unpaired) electrons. The SMILES string of the molecule is Cn1/c(=C2\C=CC=C(F)N2O)nn/c1=C1/C=C(O)C(=O)C([N+](=O)[O-])=C1. The van der Waals surface area contributed by atoms with Crippen molar-refractivity contribution in [1.82, 2.24) is 19.8 Å². The molecular formula is C14H10FN5O5. The Labute approximate surface area is 138 Å². The van der Waals surface area contributed by atoms with E-state index in [1.807, 2.05) is 0 Å². The van der Waals surface area contributed by atoms with Crippen LogP contribution in [0.2, 0.25) is 0 Å². The highest BCUT2D eigenvalue weighted by atomic mass is 19.1. The molecule has 2 N–H and O–H groups in total. The maximum Gasteiger partial charge on any atom is 0.320 e. The summed E-state index contributed by atoms with van der Waals surface area (Å²) >= 11 is 0. The van der Waals surface area contributed by atoms with Gasteiger partial charge in [-0.25, -0.2) is 0 Å². The van der Waals surface area contributed by atoms with Gasteiger partial charge in [0.1, 0.15) is 5.70 Å². The van der Waals surface area contributed by atoms with Crippen LogP contribution in [0.4, 0.5) is 4.39 Å². The Morgan fingerprint density at radius 3 is 2.64 bits per heavy atom. The first-order valence-electron chi connectivity index (χ1n) is 6.79. The van der Waals surface area contributed by atoms with Crippen LogP contribution in [0, 0.1) is 10.1 Å². The fraction of sp³-hybridized carbons (Fsp3) is 0.0714. The van der Waals surface area contributed by atoms with E-state index < -0.39 is 28.1 Å². The van der Waals surface area contributed by atoms with E-state index in [2.05, 4.69) is 10.2 Å². The molecule has 3 rings (SSSR count). The summed E-state index contributed by atoms with van der Waals surface area (Å²) in [5.41, 5.74) is -0.642. The van der Waals surface area contributed by atoms with E-state index in [-0.39, 0.29) is 27.3 Å². The molecule has 0 spiro atoms. The predicted octanol–water partition coefficient (Wildman–Crippen LogP) is -0.669. The maximum absolute atomic E-state index is 13.5. The number of carbonyl (C=O) groups excluding carboxylic acids is 1. The van der Waals surface area contributed by atoms with E-state index in [0.29, 0.717) is 0 Å². The summed E-state index contributed by atoms with van der Waals surface area (Å²) in [5, 5.41) is 38.2. The van der Waals surface area contributed by atoms with Crippen molar-refractivity contribution in [3.63, 3.8) is 0 Å². The first-order chi connectivity index (χ1) is 11.8. The first kappa shape index (κ1) is 16.3. The number of hydroxylamine groups is 2. The number of nitro groups is 1. The zero-order chi connectivity index (χ0) is 18.3. The molecule has 1 aromatic rings. The molecule has 10 nitrogen and oxygen atoms in total. The summed E-state index contributed by atoms with van der Waals surface area (Å²) in [5.74, 6) is -2.85. The van der Waals surface area contributed by atoms with Crippen LogP contribution in [0.1, 0.15) is 0 Å². The highest BCUT2D eigenvalue weighted by Gasteiger charge is 2.30. The molecule has 0 fully saturated rings. The number of halogens is 1. The standard InChI is InChI=1S/C14H10FN5O5/c1-18-13(7-5-9(20(24)25)12(22)10(21)6-7)16-17-14(18)8-3-2-4-11(15)19(8)23/h2-6,21,23H,1H3/b13-7-,14-8+. The third-order valence-corrected chi connectivity index (χ3v) is 3.53. The second kappa shape index (κ2) is 5.79. The number of hydrogen-bond acceptors (Lipinski definition) is 8. The van der Waals surface area contributed by atoms with Crippen molar-refractivity contribution in [3.05, 3.63) is 68.9 Å². The van der Waals surface area contributed by atoms with Crippen LogP contribution in [0.5, 0.6) is 0 Å². The summed E-state index contributed by atoms with van der Waals surface area (Å²) in [4.78, 5) is 21.6. The van der Waals surface area contributed by atoms with Gasteiger partial charge in [-0.3, -0.25) is 20.1 Å². The molecule has 2 heterocycles. The van der Waals surface area contributed by atoms with Gasteiger partial charge in [0.05, 0.1) is 4.92 Å². The van der Waals surface area contributed by atoms with Gasteiger partial charge in [0.2, 0.25) is 5.95 Å². The van der Waals surface area contributed by atoms with Crippen molar-refractivity contribution >= 4 is 17.1 Å². The molecule has 2 aliphatic rings. The number of aliphatic hydroxyl groups is 1. The highest BCUT2D eigenvalue weighted by molar-refractivity contribution is 6.09. The van der Waals surface area contributed by atoms with Crippen molar-refractivity contribution in [2.24, 2.45) is 7.05 Å². The monoisotopic (exact) mass is 347 g/mol. The molecule has 0 amide bonds. The lowest BCUT2D eigenvalue weighted by Crippen LogP contribution is -2.32. The molecule has 0 unspecified atom stereocenters. The fourth-order valence-electron chi connectivity index (χ4n) is 2.31. The summed E-state index contributed by atoms with van der Waals surface area (Å²) in [7, 11) is 1.48. The zero-order valence-electron chi connectivity index (χ0n) is 12.6. The van der Waals surface area contributed by atoms with E-state index >= 15 is 0 Å². The van der Waals surface area contributed by atoms with Crippen LogP contribution in [0.25, 0.3) is 11.3 Å². The molecule has 0 saturated carbocycles. The smallest absolute Gasteiger partial charge is 0.320 e. The lowest BCUT2D eigenvalue weighted by Gasteiger charge is -2.16. The number of aromatic nitrogens is 3. The third-order valence-electron chi connectivity index (χ3n) is 3.53. The summed E-state index contributed by atoms with van der Waals surface area (Å²) in [6.45, 7) is 0. The Morgan fingerprint density at radius 2 is 1.96 bits per heavy atom. The van der Waals surface area contributed by atoms with Crippen LogP contribution >= 0.6 is 0 Å². The van der Waals surface area contributed by atoms with Crippen molar-refractivity contribution in [3.8, 4) is 0 Å². The molecule has 0 saturated heterocycles. The van der Waals surface area contributed by atoms with Crippen LogP contribution in [-0.4, -0.2) is 40.8 Å². The molecule has 1 aromatic heterocycles. The van der Waals surface area contributed by atoms with Crippen LogP contribution in [-0.2, 0) is 11.8 Å². The molecule has 11 heteroatoms. The highest BCUT2D eigenvalue weighted by Crippen LogP contribution is 2.18. The molecule has 128 valence electrons. The number of aliphatic hydroxyl groups excluding tert-OH is 1. The molecule has 0 atom stereocenters. The fourth-order valence-corrected chi connectivity index (χ4v) is 2.31. The minimum absolute atomic E-state index is 0.0135. The van der Waals surface area contributed by atoms with Gasteiger partial charge in [-0.05, 0) is 18.2 Å². The van der Waals surface area contributed by atoms with Crippen molar-refractivity contribution in [2.75, 3.05) is 0 Å². The van der Waals surface area contributed by atoms with Crippen LogP contribution < -0.4 is 11.0 Å². The van der Waals surface area contributed by atoms with E-state index in [4.69, 9.17) is 0 Å². The number of Topliss-reactive ketones (excluding diaryl/α,β-unsaturated/α-hetero) is 1. The van der Waals surface area contributed by atoms with Crippen LogP contribution in [0.15, 0.2) is 47.8 Å². The Balaban J connectivity index is 2.28. The Hall–Kier alpha value is -3.60. The van der Waals surface area contributed by atoms with Crippen molar-refractivity contribution < 1.29 is 24.4 Å². The second-order valence-corrected chi connectivity index (χ2v) is 5.05. The minimum Gasteiger partial charge on any atom is -0.504 e. The van der Waals surface area contributed by atoms with Gasteiger partial charge in [0.15, 0.2) is 16.7 Å². The summed E-state index contributed by atoms with van der Waals surface area (Å²) in [6, 6.07) is 0. The molecular weight excluding hydrogens is 337 g/mol. The molecule has 0 aromatic carbocycles. The molecule has 1 aliphatic heterocycles. The van der Waals surface area contributed by atoms with E-state index in [9.17, 15) is 29.6 Å². The van der Waals surface area contributed by atoms with Crippen molar-refractivity contribution in [2.45, 2.75) is 0 Å². The Kier molecular flexibility index (Phi) is 3.77. The number of nitrogens with zero attached hydrogens (tertiary/aromatic N) is 5. The average Bonchev–Trinajstić information content (AvgIpc) is 2.94. The lowest BCUT2D eigenvalue weighted by atomic mass is 10.1. The normalized spacial score (nSPS) is 21.8. The minimum atomic E-state index is -1.12. The van der Waals surface area contributed by atoms with Gasteiger partial charge < -0.3 is 9.67 Å². The summed E-state index contributed by atoms with van der Waals surface area (Å²) in [6.07, 6.45) is 5.75. The number of allylic oxidation sites excluding steroid dienone is 4. The van der Waals surface area contributed by atoms with E-state index in [0.717, 1.165) is 18.2 Å². The first-order valence-corrected chi connectivity index (χ1v) is 6.79. The lowest BCUT2D eigenvalue weighted by molar-refractivity contribution is -0.418. The topological polar surface area (TPSA) is 135 Å². The van der Waals surface area contributed by atoms with Gasteiger partial charge in [-0.15, -0.1) is 10.2 Å². The van der Waals surface area contributed by atoms with Gasteiger partial charge in [-0.1, -0.05) is 6.08 Å². The average molecular weight is 347 g/mol. The number of ketones is 1. The van der Waals surface area contributed by atoms with Gasteiger partial charge in [0, 0.05) is 18.7 Å². The van der Waals surface area contributed by atoms with Crippen molar-refractivity contribution in [1.29, 1.82) is 0 Å². The molecule has 25 heavy (non-hydrogen) atoms. The third kappa shape index (κ3) is 2.61. The van der Waals surface area contributed by atoms with E-state index in [1.165, 1.54) is 23.8 Å². The maximum atomic E-state index is 13.5. The number of carbonyl (C=O) groups is 1. The second-order valence-electron chi connectivity index (χ2n) is 5.05. The number of rotatable bonds is 1. The largest absolute Gasteiger partial charge is 0.504 e. The van der Waals surface area contributed by atoms with Crippen LogP contribution in [0.3, 0.4) is 0 Å². The summed E-state index contributed by atoms with van der Waals surface area (Å²) < 4.78 is 14.8. The van der Waals surface area contributed by atoms with Gasteiger partial charge in [-0.2, -0.15) is 9.45 Å². The van der Waals surface area contributed by atoms with Gasteiger partial charge in [0.25, 0.3) is 5.78 Å². The van der Waals surface area contributed by atoms with Gasteiger partial charge >= 0.3 is 5.70 Å². The Morgan fingerprint density at radius 1 is 1.28 bits per heavy atom. The predicted molar refractivity (Wildman–Crippen MR) is 79.8 cm³/mol. The zero-order valence-corrected chi connectivity index (χ0v) is 12.6. The van der Waals surface area contributed by atoms with E-state index in [1.54, 1.807) is 0 Å².